The first-order valence-electron chi connectivity index (χ1n) is 9.79. The maximum atomic E-state index is 11.9. The maximum absolute atomic E-state index is 11.9. The average Bonchev–Trinajstić information content (AvgIpc) is 2.46. The van der Waals surface area contributed by atoms with Crippen LogP contribution in [0.4, 0.5) is 4.79 Å². The molecule has 0 saturated carbocycles. The van der Waals surface area contributed by atoms with E-state index in [0.29, 0.717) is 17.6 Å². The van der Waals surface area contributed by atoms with Crippen molar-refractivity contribution in [2.75, 3.05) is 34.2 Å². The van der Waals surface area contributed by atoms with E-state index in [1.165, 1.54) is 44.9 Å². The Labute approximate surface area is 153 Å². The van der Waals surface area contributed by atoms with Gasteiger partial charge in [0.2, 0.25) is 0 Å². The Bertz CT molecular complexity index is 367. The summed E-state index contributed by atoms with van der Waals surface area (Å²) in [6.45, 7) is 3.40. The highest BCUT2D eigenvalue weighted by molar-refractivity contribution is 5.75. The Hall–Kier alpha value is -1.30. The van der Waals surface area contributed by atoms with Gasteiger partial charge < -0.3 is 25.0 Å². The molecule has 0 aromatic heterocycles. The molecule has 0 aliphatic rings. The lowest BCUT2D eigenvalue weighted by Gasteiger charge is -2.30. The van der Waals surface area contributed by atoms with Crippen molar-refractivity contribution < 1.29 is 19.2 Å². The van der Waals surface area contributed by atoms with Gasteiger partial charge in [-0.25, -0.2) is 4.79 Å². The summed E-state index contributed by atoms with van der Waals surface area (Å²) in [5, 5.41) is 16.4. The number of likely N-dealkylation sites (N-methyl/N-ethyl adjacent to an activating group) is 1. The van der Waals surface area contributed by atoms with Gasteiger partial charge in [-0.05, 0) is 6.42 Å². The summed E-state index contributed by atoms with van der Waals surface area (Å²) in [5.41, 5.74) is 0. The lowest BCUT2D eigenvalue weighted by atomic mass is 10.1. The predicted octanol–water partition coefficient (Wildman–Crippen LogP) is 2.03. The highest BCUT2D eigenvalue weighted by Crippen LogP contribution is 2.09. The number of carbonyl (C=O) groups is 2. The van der Waals surface area contributed by atoms with Crippen LogP contribution in [0.15, 0.2) is 0 Å². The van der Waals surface area contributed by atoms with Crippen molar-refractivity contribution in [2.24, 2.45) is 0 Å². The molecule has 0 aromatic carbocycles. The number of nitrogens with zero attached hydrogens (tertiary/aromatic N) is 1. The highest BCUT2D eigenvalue weighted by Gasteiger charge is 2.20. The number of carboxylic acids is 1. The fourth-order valence-electron chi connectivity index (χ4n) is 2.90. The van der Waals surface area contributed by atoms with Gasteiger partial charge in [0.1, 0.15) is 0 Å². The fraction of sp³-hybridized carbons (Fsp3) is 0.895. The van der Waals surface area contributed by atoms with Gasteiger partial charge in [0.25, 0.3) is 0 Å². The second-order valence-corrected chi connectivity index (χ2v) is 7.97. The van der Waals surface area contributed by atoms with Crippen LogP contribution in [0, 0.1) is 0 Å². The van der Waals surface area contributed by atoms with E-state index in [1.807, 2.05) is 21.1 Å². The zero-order valence-corrected chi connectivity index (χ0v) is 16.7. The zero-order chi connectivity index (χ0) is 19.1. The quantitative estimate of drug-likeness (QED) is 0.347. The molecule has 6 nitrogen and oxygen atoms in total. The molecule has 0 heterocycles. The molecule has 1 atom stereocenters. The number of quaternary nitrogens is 1. The second kappa shape index (κ2) is 13.9. The maximum Gasteiger partial charge on any atom is 0.315 e. The molecular weight excluding hydrogens is 318 g/mol. The van der Waals surface area contributed by atoms with E-state index in [2.05, 4.69) is 17.6 Å². The topological polar surface area (TPSA) is 81.3 Å². The van der Waals surface area contributed by atoms with Gasteiger partial charge in [-0.15, -0.1) is 0 Å². The molecular formula is C19H39N3O3. The van der Waals surface area contributed by atoms with E-state index < -0.39 is 12.0 Å². The molecule has 2 N–H and O–H groups in total. The number of hydrogen-bond acceptors (Lipinski definition) is 3. The van der Waals surface area contributed by atoms with Crippen molar-refractivity contribution in [1.82, 2.24) is 10.6 Å². The van der Waals surface area contributed by atoms with Crippen molar-refractivity contribution in [3.05, 3.63) is 0 Å². The molecule has 0 aliphatic carbocycles. The Morgan fingerprint density at radius 1 is 0.920 bits per heavy atom. The smallest absolute Gasteiger partial charge is 0.315 e. The highest BCUT2D eigenvalue weighted by atomic mass is 16.4. The predicted molar refractivity (Wildman–Crippen MR) is 100 cm³/mol. The van der Waals surface area contributed by atoms with Gasteiger partial charge >= 0.3 is 6.03 Å². The standard InChI is InChI=1S/C19H39N3O3/c1-5-6-7-8-9-10-11-12-13-14-20-19(25)21-17(15-18(23)24)16-22(2,3)4/h17H,5-16H2,1-4H3,(H2-,20,21,23,24,25)/t17-/m0/s1. The normalized spacial score (nSPS) is 12.6. The van der Waals surface area contributed by atoms with Crippen LogP contribution < -0.4 is 15.7 Å². The number of nitrogens with one attached hydrogen (secondary N) is 2. The number of unbranched alkanes of at least 4 members (excludes halogenated alkanes) is 8. The van der Waals surface area contributed by atoms with Crippen LogP contribution in [0.1, 0.15) is 71.1 Å². The molecule has 0 aliphatic heterocycles. The van der Waals surface area contributed by atoms with Crippen LogP contribution in [0.5, 0.6) is 0 Å². The van der Waals surface area contributed by atoms with E-state index in [1.54, 1.807) is 0 Å². The van der Waals surface area contributed by atoms with E-state index in [9.17, 15) is 14.7 Å². The van der Waals surface area contributed by atoms with Crippen molar-refractivity contribution in [2.45, 2.75) is 77.2 Å². The van der Waals surface area contributed by atoms with Crippen LogP contribution in [0.3, 0.4) is 0 Å². The number of hydrogen-bond donors (Lipinski definition) is 2. The fourth-order valence-corrected chi connectivity index (χ4v) is 2.90. The lowest BCUT2D eigenvalue weighted by molar-refractivity contribution is -0.871. The van der Waals surface area contributed by atoms with Crippen molar-refractivity contribution in [3.63, 3.8) is 0 Å². The summed E-state index contributed by atoms with van der Waals surface area (Å²) in [5.74, 6) is -1.14. The Morgan fingerprint density at radius 2 is 1.44 bits per heavy atom. The van der Waals surface area contributed by atoms with Crippen LogP contribution >= 0.6 is 0 Å². The van der Waals surface area contributed by atoms with E-state index in [-0.39, 0.29) is 12.5 Å². The van der Waals surface area contributed by atoms with Gasteiger partial charge in [-0.3, -0.25) is 0 Å². The number of aliphatic carboxylic acids is 1. The number of rotatable bonds is 15. The molecule has 0 bridgehead atoms. The molecule has 0 radical (unpaired) electrons. The Morgan fingerprint density at radius 3 is 1.92 bits per heavy atom. The number of amides is 2. The molecule has 6 heteroatoms. The van der Waals surface area contributed by atoms with Crippen molar-refractivity contribution in [1.29, 1.82) is 0 Å². The van der Waals surface area contributed by atoms with Crippen molar-refractivity contribution in [3.8, 4) is 0 Å². The van der Waals surface area contributed by atoms with Crippen LogP contribution in [-0.4, -0.2) is 56.8 Å². The summed E-state index contributed by atoms with van der Waals surface area (Å²) in [4.78, 5) is 22.7. The number of carboxylic acid groups (broad SMARTS) is 1. The van der Waals surface area contributed by atoms with Gasteiger partial charge in [-0.2, -0.15) is 0 Å². The molecule has 0 unspecified atom stereocenters. The molecule has 0 aromatic rings. The third-order valence-electron chi connectivity index (χ3n) is 4.08. The minimum Gasteiger partial charge on any atom is -0.550 e. The molecule has 0 fully saturated rings. The minimum atomic E-state index is -1.14. The summed E-state index contributed by atoms with van der Waals surface area (Å²) >= 11 is 0. The first-order chi connectivity index (χ1) is 11.7. The number of urea groups is 1. The summed E-state index contributed by atoms with van der Waals surface area (Å²) in [6, 6.07) is -0.715. The van der Waals surface area contributed by atoms with Crippen LogP contribution in [0.25, 0.3) is 0 Å². The third-order valence-corrected chi connectivity index (χ3v) is 4.08. The number of carbonyl (C=O) groups excluding carboxylic acids is 2. The van der Waals surface area contributed by atoms with Gasteiger partial charge in [0.05, 0.1) is 33.7 Å². The SMILES string of the molecule is CCCCCCCCCCCNC(=O)N[C@@H](CC(=O)[O-])C[N+](C)(C)C. The van der Waals surface area contributed by atoms with E-state index >= 15 is 0 Å². The minimum absolute atomic E-state index is 0.166. The molecule has 25 heavy (non-hydrogen) atoms. The first kappa shape index (κ1) is 23.7. The van der Waals surface area contributed by atoms with Crippen LogP contribution in [-0.2, 0) is 4.79 Å². The molecule has 0 rings (SSSR count). The summed E-state index contributed by atoms with van der Waals surface area (Å²) < 4.78 is 0.580. The molecule has 148 valence electrons. The van der Waals surface area contributed by atoms with Gasteiger partial charge in [0.15, 0.2) is 0 Å². The van der Waals surface area contributed by atoms with E-state index in [4.69, 9.17) is 0 Å². The average molecular weight is 358 g/mol. The monoisotopic (exact) mass is 357 g/mol. The van der Waals surface area contributed by atoms with Crippen molar-refractivity contribution >= 4 is 12.0 Å². The molecule has 0 saturated heterocycles. The zero-order valence-electron chi connectivity index (χ0n) is 16.7. The van der Waals surface area contributed by atoms with E-state index in [0.717, 1.165) is 12.8 Å². The molecule has 2 amide bonds. The lowest BCUT2D eigenvalue weighted by Crippen LogP contribution is -2.53. The van der Waals surface area contributed by atoms with Crippen LogP contribution in [0.2, 0.25) is 0 Å². The third kappa shape index (κ3) is 17.3. The second-order valence-electron chi connectivity index (χ2n) is 7.97. The summed E-state index contributed by atoms with van der Waals surface area (Å²) in [7, 11) is 5.89. The van der Waals surface area contributed by atoms with Gasteiger partial charge in [0, 0.05) is 18.9 Å². The first-order valence-corrected chi connectivity index (χ1v) is 9.79. The largest absolute Gasteiger partial charge is 0.550 e. The summed E-state index contributed by atoms with van der Waals surface area (Å²) in [6.07, 6.45) is 11.0. The Kier molecular flexibility index (Phi) is 13.2. The molecule has 0 spiro atoms. The Balaban J connectivity index is 3.77. The van der Waals surface area contributed by atoms with Gasteiger partial charge in [-0.1, -0.05) is 58.3 Å².